The van der Waals surface area contributed by atoms with Gasteiger partial charge in [-0.05, 0) is 31.4 Å². The van der Waals surface area contributed by atoms with Crippen LogP contribution < -0.4 is 5.32 Å². The molecule has 1 saturated heterocycles. The molecule has 3 rings (SSSR count). The maximum atomic E-state index is 12.6. The summed E-state index contributed by atoms with van der Waals surface area (Å²) in [7, 11) is 0. The number of alkyl halides is 2. The molecule has 2 heterocycles. The molecule has 0 atom stereocenters. The first-order chi connectivity index (χ1) is 12.0. The van der Waals surface area contributed by atoms with E-state index in [1.807, 2.05) is 19.1 Å². The lowest BCUT2D eigenvalue weighted by atomic mass is 9.73. The van der Waals surface area contributed by atoms with Crippen LogP contribution in [0.1, 0.15) is 41.0 Å². The molecule has 7 heteroatoms. The number of hydrogen-bond acceptors (Lipinski definition) is 3. The average Bonchev–Trinajstić information content (AvgIpc) is 3.11. The largest absolute Gasteiger partial charge is 0.381 e. The number of amides is 1. The predicted molar refractivity (Wildman–Crippen MR) is 88.7 cm³/mol. The van der Waals surface area contributed by atoms with Crippen LogP contribution in [0.3, 0.4) is 0 Å². The fourth-order valence-corrected chi connectivity index (χ4v) is 3.21. The summed E-state index contributed by atoms with van der Waals surface area (Å²) in [6, 6.07) is 9.53. The Morgan fingerprint density at radius 3 is 2.76 bits per heavy atom. The lowest BCUT2D eigenvalue weighted by Crippen LogP contribution is -2.44. The second-order valence-corrected chi connectivity index (χ2v) is 6.40. The summed E-state index contributed by atoms with van der Waals surface area (Å²) < 4.78 is 31.1. The number of nitrogens with zero attached hydrogens (tertiary/aromatic N) is 2. The van der Waals surface area contributed by atoms with Crippen molar-refractivity contribution >= 4 is 5.91 Å². The third kappa shape index (κ3) is 3.87. The zero-order valence-electron chi connectivity index (χ0n) is 14.0. The molecule has 1 aliphatic heterocycles. The lowest BCUT2D eigenvalue weighted by molar-refractivity contribution is 0.0482. The predicted octanol–water partition coefficient (Wildman–Crippen LogP) is 3.06. The van der Waals surface area contributed by atoms with E-state index in [9.17, 15) is 13.6 Å². The van der Waals surface area contributed by atoms with Crippen LogP contribution in [0.25, 0.3) is 0 Å². The number of nitrogens with one attached hydrogen (secondary N) is 1. The van der Waals surface area contributed by atoms with Crippen molar-refractivity contribution in [2.75, 3.05) is 19.8 Å². The normalized spacial score (nSPS) is 16.8. The summed E-state index contributed by atoms with van der Waals surface area (Å²) in [5, 5.41) is 6.48. The van der Waals surface area contributed by atoms with Gasteiger partial charge < -0.3 is 10.1 Å². The third-order valence-electron chi connectivity index (χ3n) is 4.71. The molecule has 1 fully saturated rings. The zero-order chi connectivity index (χ0) is 17.9. The number of aromatic nitrogens is 2. The molecule has 134 valence electrons. The van der Waals surface area contributed by atoms with Crippen LogP contribution in [0.4, 0.5) is 8.78 Å². The van der Waals surface area contributed by atoms with Crippen molar-refractivity contribution in [3.8, 4) is 0 Å². The zero-order valence-corrected chi connectivity index (χ0v) is 14.0. The highest BCUT2D eigenvalue weighted by Gasteiger charge is 2.35. The molecule has 2 aromatic rings. The maximum absolute atomic E-state index is 12.6. The van der Waals surface area contributed by atoms with Crippen LogP contribution in [-0.4, -0.2) is 35.4 Å². The van der Waals surface area contributed by atoms with Gasteiger partial charge in [0.25, 0.3) is 5.91 Å². The highest BCUT2D eigenvalue weighted by atomic mass is 19.3. The SMILES string of the molecule is Cc1cccc(C2(CNC(=O)c3ccn(C(F)F)n3)CCOCC2)c1. The molecule has 1 aromatic heterocycles. The lowest BCUT2D eigenvalue weighted by Gasteiger charge is -2.38. The van der Waals surface area contributed by atoms with E-state index in [-0.39, 0.29) is 11.1 Å². The van der Waals surface area contributed by atoms with Crippen molar-refractivity contribution in [3.63, 3.8) is 0 Å². The third-order valence-corrected chi connectivity index (χ3v) is 4.71. The molecule has 0 aliphatic carbocycles. The van der Waals surface area contributed by atoms with Crippen LogP contribution in [-0.2, 0) is 10.2 Å². The number of hydrogen-bond donors (Lipinski definition) is 1. The minimum Gasteiger partial charge on any atom is -0.381 e. The number of ether oxygens (including phenoxy) is 1. The number of carbonyl (C=O) groups is 1. The molecule has 5 nitrogen and oxygen atoms in total. The van der Waals surface area contributed by atoms with Crippen LogP contribution in [0.5, 0.6) is 0 Å². The Balaban J connectivity index is 1.75. The van der Waals surface area contributed by atoms with E-state index >= 15 is 0 Å². The molecule has 0 bridgehead atoms. The van der Waals surface area contributed by atoms with Gasteiger partial charge >= 0.3 is 6.55 Å². The Kier molecular flexibility index (Phi) is 5.13. The smallest absolute Gasteiger partial charge is 0.333 e. The van der Waals surface area contributed by atoms with Gasteiger partial charge in [-0.2, -0.15) is 13.9 Å². The summed E-state index contributed by atoms with van der Waals surface area (Å²) >= 11 is 0. The summed E-state index contributed by atoms with van der Waals surface area (Å²) in [4.78, 5) is 12.3. The molecule has 1 aliphatic rings. The number of aryl methyl sites for hydroxylation is 1. The van der Waals surface area contributed by atoms with Crippen molar-refractivity contribution in [1.29, 1.82) is 0 Å². The molecule has 0 spiro atoms. The van der Waals surface area contributed by atoms with Crippen LogP contribution in [0, 0.1) is 6.92 Å². The van der Waals surface area contributed by atoms with Gasteiger partial charge in [-0.25, -0.2) is 4.68 Å². The van der Waals surface area contributed by atoms with Gasteiger partial charge in [-0.1, -0.05) is 29.8 Å². The minimum absolute atomic E-state index is 0.00764. The number of carbonyl (C=O) groups excluding carboxylic acids is 1. The van der Waals surface area contributed by atoms with E-state index in [1.165, 1.54) is 6.07 Å². The molecule has 0 saturated carbocycles. The molecule has 0 unspecified atom stereocenters. The minimum atomic E-state index is -2.75. The first-order valence-corrected chi connectivity index (χ1v) is 8.27. The molecule has 1 aromatic carbocycles. The molecule has 25 heavy (non-hydrogen) atoms. The van der Waals surface area contributed by atoms with E-state index in [0.717, 1.165) is 30.2 Å². The van der Waals surface area contributed by atoms with Gasteiger partial charge in [0.05, 0.1) is 0 Å². The fraction of sp³-hybridized carbons (Fsp3) is 0.444. The molecular weight excluding hydrogens is 328 g/mol. The van der Waals surface area contributed by atoms with Crippen molar-refractivity contribution < 1.29 is 18.3 Å². The number of rotatable bonds is 5. The molecule has 1 N–H and O–H groups in total. The summed E-state index contributed by atoms with van der Waals surface area (Å²) in [5.74, 6) is -0.446. The van der Waals surface area contributed by atoms with Gasteiger partial charge in [0, 0.05) is 31.4 Å². The maximum Gasteiger partial charge on any atom is 0.333 e. The van der Waals surface area contributed by atoms with Gasteiger partial charge in [0.15, 0.2) is 0 Å². The molecule has 1 amide bonds. The number of benzene rings is 1. The summed E-state index contributed by atoms with van der Waals surface area (Å²) in [6.45, 7) is 0.954. The topological polar surface area (TPSA) is 56.2 Å². The molecular formula is C18H21F2N3O2. The van der Waals surface area contributed by atoms with Crippen molar-refractivity contribution in [1.82, 2.24) is 15.1 Å². The van der Waals surface area contributed by atoms with Crippen molar-refractivity contribution in [3.05, 3.63) is 53.3 Å². The van der Waals surface area contributed by atoms with Gasteiger partial charge in [-0.15, -0.1) is 0 Å². The van der Waals surface area contributed by atoms with E-state index in [2.05, 4.69) is 22.5 Å². The van der Waals surface area contributed by atoms with Gasteiger partial charge in [0.1, 0.15) is 5.69 Å². The van der Waals surface area contributed by atoms with Gasteiger partial charge in [0.2, 0.25) is 0 Å². The van der Waals surface area contributed by atoms with Gasteiger partial charge in [-0.3, -0.25) is 4.79 Å². The van der Waals surface area contributed by atoms with E-state index < -0.39 is 12.5 Å². The summed E-state index contributed by atoms with van der Waals surface area (Å²) in [6.07, 6.45) is 2.69. The van der Waals surface area contributed by atoms with E-state index in [1.54, 1.807) is 0 Å². The Morgan fingerprint density at radius 1 is 1.36 bits per heavy atom. The fourth-order valence-electron chi connectivity index (χ4n) is 3.21. The monoisotopic (exact) mass is 349 g/mol. The van der Waals surface area contributed by atoms with Crippen LogP contribution in [0.15, 0.2) is 36.5 Å². The van der Waals surface area contributed by atoms with E-state index in [0.29, 0.717) is 24.4 Å². The van der Waals surface area contributed by atoms with Crippen molar-refractivity contribution in [2.45, 2.75) is 31.7 Å². The highest BCUT2D eigenvalue weighted by molar-refractivity contribution is 5.92. The first kappa shape index (κ1) is 17.5. The van der Waals surface area contributed by atoms with E-state index in [4.69, 9.17) is 4.74 Å². The quantitative estimate of drug-likeness (QED) is 0.903. The first-order valence-electron chi connectivity index (χ1n) is 8.27. The van der Waals surface area contributed by atoms with Crippen molar-refractivity contribution in [2.24, 2.45) is 0 Å². The standard InChI is InChI=1S/C18H21F2N3O2/c1-13-3-2-4-14(11-13)18(6-9-25-10-7-18)12-21-16(24)15-5-8-23(22-15)17(19)20/h2-5,8,11,17H,6-7,9-10,12H2,1H3,(H,21,24). The summed E-state index contributed by atoms with van der Waals surface area (Å²) in [5.41, 5.74) is 2.09. The van der Waals surface area contributed by atoms with Crippen LogP contribution >= 0.6 is 0 Å². The average molecular weight is 349 g/mol. The Bertz CT molecular complexity index is 739. The highest BCUT2D eigenvalue weighted by Crippen LogP contribution is 2.34. The van der Waals surface area contributed by atoms with Crippen LogP contribution in [0.2, 0.25) is 0 Å². The Morgan fingerprint density at radius 2 is 2.12 bits per heavy atom. The second kappa shape index (κ2) is 7.31. The molecule has 0 radical (unpaired) electrons. The Hall–Kier alpha value is -2.28. The second-order valence-electron chi connectivity index (χ2n) is 6.40. The number of halogens is 2. The Labute approximate surface area is 145 Å².